The van der Waals surface area contributed by atoms with E-state index in [1.54, 1.807) is 24.1 Å². The second-order valence-corrected chi connectivity index (χ2v) is 6.12. The molecule has 3 rings (SSSR count). The summed E-state index contributed by atoms with van der Waals surface area (Å²) in [4.78, 5) is 16.5. The Kier molecular flexibility index (Phi) is 5.01. The van der Waals surface area contributed by atoms with Crippen molar-refractivity contribution in [2.45, 2.75) is 0 Å². The number of carbonyl (C=O) groups excluding carboxylic acids is 1. The molecule has 0 unspecified atom stereocenters. The van der Waals surface area contributed by atoms with Crippen molar-refractivity contribution in [3.63, 3.8) is 0 Å². The minimum Gasteiger partial charge on any atom is -0.496 e. The Bertz CT molecular complexity index is 709. The zero-order valence-electron chi connectivity index (χ0n) is 14.2. The Balaban J connectivity index is 1.81. The van der Waals surface area contributed by atoms with Gasteiger partial charge in [-0.15, -0.1) is 0 Å². The number of piperazine rings is 1. The Hall–Kier alpha value is -2.53. The zero-order chi connectivity index (χ0) is 16.9. The van der Waals surface area contributed by atoms with Crippen LogP contribution in [0, 0.1) is 0 Å². The SMILES string of the molecule is COc1ccccc1C(=O)Nc1ccccc1N1CC[NH+](C)CC1. The number of rotatable bonds is 4. The molecule has 1 amide bonds. The van der Waals surface area contributed by atoms with Gasteiger partial charge in [0.25, 0.3) is 5.91 Å². The fourth-order valence-corrected chi connectivity index (χ4v) is 3.01. The molecule has 5 nitrogen and oxygen atoms in total. The third-order valence-electron chi connectivity index (χ3n) is 4.46. The van der Waals surface area contributed by atoms with E-state index in [-0.39, 0.29) is 5.91 Å². The van der Waals surface area contributed by atoms with Crippen LogP contribution in [0.4, 0.5) is 11.4 Å². The summed E-state index contributed by atoms with van der Waals surface area (Å²) in [5.41, 5.74) is 2.46. The number of quaternary nitrogens is 1. The van der Waals surface area contributed by atoms with Gasteiger partial charge in [-0.2, -0.15) is 0 Å². The molecule has 0 aliphatic carbocycles. The molecule has 0 atom stereocenters. The molecular weight excluding hydrogens is 302 g/mol. The molecule has 0 spiro atoms. The topological polar surface area (TPSA) is 46.0 Å². The van der Waals surface area contributed by atoms with E-state index in [2.05, 4.69) is 23.3 Å². The van der Waals surface area contributed by atoms with Crippen LogP contribution in [0.5, 0.6) is 5.75 Å². The molecule has 1 aliphatic heterocycles. The summed E-state index contributed by atoms with van der Waals surface area (Å²) < 4.78 is 5.29. The third kappa shape index (κ3) is 3.51. The molecule has 0 radical (unpaired) electrons. The van der Waals surface area contributed by atoms with Gasteiger partial charge in [-0.3, -0.25) is 4.79 Å². The first-order chi connectivity index (χ1) is 11.7. The highest BCUT2D eigenvalue weighted by molar-refractivity contribution is 6.07. The van der Waals surface area contributed by atoms with Gasteiger partial charge in [-0.25, -0.2) is 0 Å². The lowest BCUT2D eigenvalue weighted by Gasteiger charge is -2.33. The minimum atomic E-state index is -0.153. The van der Waals surface area contributed by atoms with Gasteiger partial charge in [-0.05, 0) is 24.3 Å². The number of amides is 1. The molecular formula is C19H24N3O2+. The molecule has 2 aromatic carbocycles. The third-order valence-corrected chi connectivity index (χ3v) is 4.46. The fourth-order valence-electron chi connectivity index (χ4n) is 3.01. The van der Waals surface area contributed by atoms with E-state index in [0.717, 1.165) is 37.6 Å². The molecule has 1 heterocycles. The van der Waals surface area contributed by atoms with Crippen LogP contribution >= 0.6 is 0 Å². The Morgan fingerprint density at radius 1 is 1.08 bits per heavy atom. The summed E-state index contributed by atoms with van der Waals surface area (Å²) in [5.74, 6) is 0.426. The summed E-state index contributed by atoms with van der Waals surface area (Å²) in [7, 11) is 3.79. The molecule has 1 aliphatic rings. The lowest BCUT2D eigenvalue weighted by molar-refractivity contribution is -0.880. The highest BCUT2D eigenvalue weighted by Gasteiger charge is 2.20. The van der Waals surface area contributed by atoms with Gasteiger partial charge in [0.15, 0.2) is 0 Å². The van der Waals surface area contributed by atoms with Crippen molar-refractivity contribution in [1.82, 2.24) is 0 Å². The van der Waals surface area contributed by atoms with E-state index >= 15 is 0 Å². The van der Waals surface area contributed by atoms with Gasteiger partial charge in [0, 0.05) is 0 Å². The molecule has 24 heavy (non-hydrogen) atoms. The van der Waals surface area contributed by atoms with Crippen molar-refractivity contribution < 1.29 is 14.4 Å². The Morgan fingerprint density at radius 3 is 2.50 bits per heavy atom. The number of nitrogens with one attached hydrogen (secondary N) is 2. The fraction of sp³-hybridized carbons (Fsp3) is 0.316. The van der Waals surface area contributed by atoms with E-state index in [9.17, 15) is 4.79 Å². The summed E-state index contributed by atoms with van der Waals surface area (Å²) in [6.07, 6.45) is 0. The van der Waals surface area contributed by atoms with Crippen LogP contribution in [0.1, 0.15) is 10.4 Å². The first-order valence-corrected chi connectivity index (χ1v) is 8.28. The second-order valence-electron chi connectivity index (χ2n) is 6.12. The predicted octanol–water partition coefficient (Wildman–Crippen LogP) is 1.28. The van der Waals surface area contributed by atoms with Crippen LogP contribution in [0.2, 0.25) is 0 Å². The number of anilines is 2. The van der Waals surface area contributed by atoms with Gasteiger partial charge in [-0.1, -0.05) is 24.3 Å². The van der Waals surface area contributed by atoms with Crippen molar-refractivity contribution in [3.05, 3.63) is 54.1 Å². The first kappa shape index (κ1) is 16.3. The van der Waals surface area contributed by atoms with Crippen molar-refractivity contribution in [2.75, 3.05) is 50.6 Å². The van der Waals surface area contributed by atoms with Crippen LogP contribution in [0.15, 0.2) is 48.5 Å². The molecule has 0 aromatic heterocycles. The number of nitrogens with zero attached hydrogens (tertiary/aromatic N) is 1. The number of benzene rings is 2. The number of ether oxygens (including phenoxy) is 1. The van der Waals surface area contributed by atoms with Crippen molar-refractivity contribution in [2.24, 2.45) is 0 Å². The average molecular weight is 326 g/mol. The van der Waals surface area contributed by atoms with Crippen LogP contribution < -0.4 is 19.9 Å². The number of methoxy groups -OCH3 is 1. The molecule has 1 saturated heterocycles. The van der Waals surface area contributed by atoms with Gasteiger partial charge < -0.3 is 19.9 Å². The highest BCUT2D eigenvalue weighted by atomic mass is 16.5. The Morgan fingerprint density at radius 2 is 1.75 bits per heavy atom. The maximum atomic E-state index is 12.7. The first-order valence-electron chi connectivity index (χ1n) is 8.28. The van der Waals surface area contributed by atoms with Gasteiger partial charge in [0.05, 0.1) is 57.3 Å². The number of hydrogen-bond donors (Lipinski definition) is 2. The zero-order valence-corrected chi connectivity index (χ0v) is 14.2. The predicted molar refractivity (Wildman–Crippen MR) is 96.2 cm³/mol. The molecule has 5 heteroatoms. The van der Waals surface area contributed by atoms with E-state index in [1.165, 1.54) is 0 Å². The van der Waals surface area contributed by atoms with Gasteiger partial charge in [0.2, 0.25) is 0 Å². The van der Waals surface area contributed by atoms with Crippen LogP contribution in [0.3, 0.4) is 0 Å². The van der Waals surface area contributed by atoms with Crippen molar-refractivity contribution in [3.8, 4) is 5.75 Å². The lowest BCUT2D eigenvalue weighted by Crippen LogP contribution is -3.12. The van der Waals surface area contributed by atoms with Crippen LogP contribution in [-0.4, -0.2) is 46.2 Å². The van der Waals surface area contributed by atoms with Gasteiger partial charge in [0.1, 0.15) is 5.75 Å². The molecule has 0 saturated carbocycles. The normalized spacial score (nSPS) is 15.2. The van der Waals surface area contributed by atoms with Gasteiger partial charge >= 0.3 is 0 Å². The summed E-state index contributed by atoms with van der Waals surface area (Å²) >= 11 is 0. The maximum Gasteiger partial charge on any atom is 0.259 e. The quantitative estimate of drug-likeness (QED) is 0.890. The average Bonchev–Trinajstić information content (AvgIpc) is 2.63. The van der Waals surface area contributed by atoms with Crippen molar-refractivity contribution in [1.29, 1.82) is 0 Å². The van der Waals surface area contributed by atoms with E-state index < -0.39 is 0 Å². The monoisotopic (exact) mass is 326 g/mol. The Labute approximate surface area is 142 Å². The number of likely N-dealkylation sites (N-methyl/N-ethyl adjacent to an activating group) is 1. The minimum absolute atomic E-state index is 0.153. The summed E-state index contributed by atoms with van der Waals surface area (Å²) in [5, 5.41) is 3.04. The van der Waals surface area contributed by atoms with Crippen LogP contribution in [-0.2, 0) is 0 Å². The highest BCUT2D eigenvalue weighted by Crippen LogP contribution is 2.27. The molecule has 0 bridgehead atoms. The van der Waals surface area contributed by atoms with Crippen LogP contribution in [0.25, 0.3) is 0 Å². The summed E-state index contributed by atoms with van der Waals surface area (Å²) in [6.45, 7) is 4.20. The molecule has 2 N–H and O–H groups in total. The number of carbonyl (C=O) groups is 1. The van der Waals surface area contributed by atoms with E-state index in [1.807, 2.05) is 30.3 Å². The van der Waals surface area contributed by atoms with E-state index in [4.69, 9.17) is 4.74 Å². The van der Waals surface area contributed by atoms with E-state index in [0.29, 0.717) is 11.3 Å². The lowest BCUT2D eigenvalue weighted by atomic mass is 10.1. The number of para-hydroxylation sites is 3. The summed E-state index contributed by atoms with van der Waals surface area (Å²) in [6, 6.07) is 15.2. The number of hydrogen-bond acceptors (Lipinski definition) is 3. The second kappa shape index (κ2) is 7.36. The standard InChI is InChI=1S/C19H23N3O2/c1-21-11-13-22(14-12-21)17-9-5-4-8-16(17)20-19(23)15-7-3-6-10-18(15)24-2/h3-10H,11-14H2,1-2H3,(H,20,23)/p+1. The largest absolute Gasteiger partial charge is 0.496 e. The maximum absolute atomic E-state index is 12.7. The molecule has 1 fully saturated rings. The molecule has 2 aromatic rings. The molecule has 126 valence electrons. The van der Waals surface area contributed by atoms with Crippen molar-refractivity contribution >= 4 is 17.3 Å². The smallest absolute Gasteiger partial charge is 0.259 e.